The Balaban J connectivity index is 0.000000273. The first-order valence-electron chi connectivity index (χ1n) is 23.1. The van der Waals surface area contributed by atoms with E-state index in [1.165, 1.54) is 42.9 Å². The Morgan fingerprint density at radius 1 is 0.727 bits per heavy atom. The van der Waals surface area contributed by atoms with Crippen LogP contribution in [0.4, 0.5) is 0 Å². The number of nitrogens with zero attached hydrogens (tertiary/aromatic N) is 5. The molecular formula is C58H55IrN5OSi-2. The number of benzene rings is 5. The maximum atomic E-state index is 6.73. The molecule has 0 N–H and O–H groups in total. The molecule has 0 aliphatic heterocycles. The van der Waals surface area contributed by atoms with Gasteiger partial charge in [-0.25, -0.2) is 4.98 Å². The third kappa shape index (κ3) is 8.82. The number of hydrogen-bond acceptors (Lipinski definition) is 5. The van der Waals surface area contributed by atoms with Crippen molar-refractivity contribution in [2.24, 2.45) is 0 Å². The normalized spacial score (nSPS) is 13.5. The molecule has 0 unspecified atom stereocenters. The SMILES string of the molecule is C[Si](C)(C)c1ccc(-c2[c-]cccc2)nc1.Cc1ccc2ccc3nc(-c4[c-]ccc5c4oc4nc(C6CCCCC6)ccc45)n(-c4ccc(C(C)(C)C)cc4-c4ccccc4)c3c2n1.[Ir]. The second-order valence-corrected chi connectivity index (χ2v) is 24.7. The number of rotatable bonds is 6. The van der Waals surface area contributed by atoms with E-state index in [-0.39, 0.29) is 25.5 Å². The topological polar surface area (TPSA) is 69.6 Å². The summed E-state index contributed by atoms with van der Waals surface area (Å²) in [6.45, 7) is 15.8. The van der Waals surface area contributed by atoms with Crippen LogP contribution in [0.2, 0.25) is 19.6 Å². The Hall–Kier alpha value is -6.05. The fourth-order valence-electron chi connectivity index (χ4n) is 9.27. The fraction of sp³-hybridized carbons (Fsp3) is 0.241. The van der Waals surface area contributed by atoms with E-state index < -0.39 is 8.07 Å². The van der Waals surface area contributed by atoms with Crippen LogP contribution in [0.1, 0.15) is 75.7 Å². The number of imidazole rings is 1. The van der Waals surface area contributed by atoms with Crippen LogP contribution in [0.5, 0.6) is 0 Å². The summed E-state index contributed by atoms with van der Waals surface area (Å²) in [4.78, 5) is 20.1. The van der Waals surface area contributed by atoms with Crippen LogP contribution < -0.4 is 5.19 Å². The van der Waals surface area contributed by atoms with E-state index in [1.54, 1.807) is 0 Å². The molecule has 0 bridgehead atoms. The largest absolute Gasteiger partial charge is 0.486 e. The van der Waals surface area contributed by atoms with Gasteiger partial charge in [0, 0.05) is 65.6 Å². The quantitative estimate of drug-likeness (QED) is 0.123. The monoisotopic (exact) mass is 1060 g/mol. The van der Waals surface area contributed by atoms with E-state index >= 15 is 0 Å². The van der Waals surface area contributed by atoms with Gasteiger partial charge in [0.05, 0.1) is 36.0 Å². The molecule has 11 rings (SSSR count). The van der Waals surface area contributed by atoms with Gasteiger partial charge in [0.2, 0.25) is 5.71 Å². The standard InChI is InChI=1S/C44H39N4O.C14H16NSi.Ir/c1-27-18-19-30-20-23-37-40(39(30)45-27)48(38-25-21-31(44(2,3)4)26-35(38)28-12-7-5-8-13-28)42(46-37)34-17-11-16-32-33-22-24-36(29-14-9-6-10-15-29)47-43(33)49-41(32)34;1-16(2,3)13-9-10-14(15-11-13)12-7-5-4-6-8-12;/h5,7-8,11-13,16,18-26,29H,6,9-10,14-15H2,1-4H3;4-7,9-11H,1-3H3;/q2*-1;. The van der Waals surface area contributed by atoms with Crippen molar-refractivity contribution in [3.63, 3.8) is 0 Å². The number of hydrogen-bond donors (Lipinski definition) is 0. The molecule has 8 heteroatoms. The first-order chi connectivity index (χ1) is 31.4. The summed E-state index contributed by atoms with van der Waals surface area (Å²) < 4.78 is 9.02. The zero-order valence-corrected chi connectivity index (χ0v) is 42.3. The third-order valence-electron chi connectivity index (χ3n) is 13.0. The molecule has 0 atom stereocenters. The van der Waals surface area contributed by atoms with Crippen molar-refractivity contribution >= 4 is 57.3 Å². The Bertz CT molecular complexity index is 3320. The molecule has 10 aromatic rings. The molecule has 1 aliphatic carbocycles. The van der Waals surface area contributed by atoms with Gasteiger partial charge in [-0.3, -0.25) is 9.97 Å². The summed E-state index contributed by atoms with van der Waals surface area (Å²) >= 11 is 0. The van der Waals surface area contributed by atoms with Crippen LogP contribution in [0.25, 0.3) is 83.5 Å². The van der Waals surface area contributed by atoms with Crippen molar-refractivity contribution in [2.45, 2.75) is 90.8 Å². The third-order valence-corrected chi connectivity index (χ3v) is 15.0. The Morgan fingerprint density at radius 3 is 2.24 bits per heavy atom. The molecule has 0 saturated heterocycles. The van der Waals surface area contributed by atoms with Gasteiger partial charge in [-0.1, -0.05) is 131 Å². The Morgan fingerprint density at radius 2 is 1.52 bits per heavy atom. The average molecular weight is 1060 g/mol. The van der Waals surface area contributed by atoms with Crippen LogP contribution >= 0.6 is 0 Å². The minimum Gasteiger partial charge on any atom is -0.486 e. The number of aromatic nitrogens is 5. The maximum absolute atomic E-state index is 6.73. The Labute approximate surface area is 403 Å². The van der Waals surface area contributed by atoms with E-state index in [9.17, 15) is 0 Å². The zero-order valence-electron chi connectivity index (χ0n) is 38.9. The zero-order chi connectivity index (χ0) is 44.9. The molecule has 5 aromatic heterocycles. The van der Waals surface area contributed by atoms with Gasteiger partial charge < -0.3 is 14.0 Å². The molecule has 0 spiro atoms. The summed E-state index contributed by atoms with van der Waals surface area (Å²) in [6, 6.07) is 53.4. The average Bonchev–Trinajstić information content (AvgIpc) is 3.91. The van der Waals surface area contributed by atoms with Gasteiger partial charge in [0.1, 0.15) is 0 Å². The molecule has 5 heterocycles. The molecule has 1 saturated carbocycles. The number of pyridine rings is 3. The van der Waals surface area contributed by atoms with Crippen molar-refractivity contribution < 1.29 is 24.5 Å². The molecule has 1 fully saturated rings. The maximum Gasteiger partial charge on any atom is 0.216 e. The van der Waals surface area contributed by atoms with Crippen molar-refractivity contribution in [1.29, 1.82) is 0 Å². The van der Waals surface area contributed by atoms with Gasteiger partial charge in [0.25, 0.3) is 0 Å². The second kappa shape index (κ2) is 18.3. The van der Waals surface area contributed by atoms with Crippen LogP contribution in [0.3, 0.4) is 0 Å². The van der Waals surface area contributed by atoms with Crippen LogP contribution in [0.15, 0.2) is 144 Å². The van der Waals surface area contributed by atoms with E-state index in [1.807, 2.05) is 43.5 Å². The minimum absolute atomic E-state index is 0. The van der Waals surface area contributed by atoms with Crippen LogP contribution in [-0.4, -0.2) is 32.6 Å². The summed E-state index contributed by atoms with van der Waals surface area (Å²) in [5.41, 5.74) is 13.7. The van der Waals surface area contributed by atoms with Gasteiger partial charge >= 0.3 is 0 Å². The summed E-state index contributed by atoms with van der Waals surface area (Å²) in [5, 5.41) is 4.51. The predicted molar refractivity (Wildman–Crippen MR) is 272 cm³/mol. The van der Waals surface area contributed by atoms with Crippen LogP contribution in [-0.2, 0) is 25.5 Å². The molecule has 333 valence electrons. The summed E-state index contributed by atoms with van der Waals surface area (Å²) in [6.07, 6.45) is 8.26. The first kappa shape index (κ1) is 45.1. The van der Waals surface area contributed by atoms with Gasteiger partial charge in [-0.2, -0.15) is 0 Å². The van der Waals surface area contributed by atoms with E-state index in [4.69, 9.17) is 19.4 Å². The van der Waals surface area contributed by atoms with E-state index in [0.717, 1.165) is 89.1 Å². The van der Waals surface area contributed by atoms with E-state index in [0.29, 0.717) is 11.6 Å². The predicted octanol–water partition coefficient (Wildman–Crippen LogP) is 14.7. The summed E-state index contributed by atoms with van der Waals surface area (Å²) in [5.74, 6) is 1.27. The number of furan rings is 1. The summed E-state index contributed by atoms with van der Waals surface area (Å²) in [7, 11) is -1.23. The van der Waals surface area contributed by atoms with Crippen LogP contribution in [0, 0.1) is 19.1 Å². The first-order valence-corrected chi connectivity index (χ1v) is 26.6. The number of fused-ring (bicyclic) bond motifs is 6. The number of aryl methyl sites for hydroxylation is 1. The fourth-order valence-corrected chi connectivity index (χ4v) is 10.3. The second-order valence-electron chi connectivity index (χ2n) is 19.7. The van der Waals surface area contributed by atoms with Gasteiger partial charge in [-0.05, 0) is 83.6 Å². The molecule has 6 nitrogen and oxygen atoms in total. The Kier molecular flexibility index (Phi) is 12.5. The van der Waals surface area contributed by atoms with E-state index in [2.05, 4.69) is 165 Å². The molecule has 0 amide bonds. The molecule has 5 aromatic carbocycles. The van der Waals surface area contributed by atoms with Crippen molar-refractivity contribution in [1.82, 2.24) is 24.5 Å². The van der Waals surface area contributed by atoms with Gasteiger partial charge in [-0.15, -0.1) is 54.1 Å². The van der Waals surface area contributed by atoms with Crippen molar-refractivity contribution in [2.75, 3.05) is 0 Å². The van der Waals surface area contributed by atoms with Crippen molar-refractivity contribution in [3.05, 3.63) is 169 Å². The van der Waals surface area contributed by atoms with Crippen molar-refractivity contribution in [3.8, 4) is 39.5 Å². The molecule has 1 radical (unpaired) electrons. The van der Waals surface area contributed by atoms with Gasteiger partial charge in [0.15, 0.2) is 0 Å². The molecule has 66 heavy (non-hydrogen) atoms. The minimum atomic E-state index is -1.23. The smallest absolute Gasteiger partial charge is 0.216 e. The molecular weight excluding hydrogens is 1000 g/mol. The molecule has 1 aliphatic rings.